The molecule has 2 aromatic carbocycles. The molecule has 0 aliphatic rings. The van der Waals surface area contributed by atoms with Crippen molar-refractivity contribution in [3.8, 4) is 11.5 Å². The molecule has 1 N–H and O–H groups in total. The van der Waals surface area contributed by atoms with Crippen LogP contribution in [0.1, 0.15) is 38.3 Å². The first-order valence-corrected chi connectivity index (χ1v) is 10.2. The molecule has 0 amide bonds. The van der Waals surface area contributed by atoms with Crippen molar-refractivity contribution in [3.63, 3.8) is 0 Å². The van der Waals surface area contributed by atoms with Crippen LogP contribution in [-0.2, 0) is 13.2 Å². The Morgan fingerprint density at radius 1 is 1.12 bits per heavy atom. The molecule has 0 spiro atoms. The number of benzene rings is 2. The molecule has 0 aromatic heterocycles. The largest absolute Gasteiger partial charge is 0.490 e. The molecule has 26 heavy (non-hydrogen) atoms. The van der Waals surface area contributed by atoms with E-state index in [1.807, 2.05) is 25.1 Å². The molecule has 0 aliphatic heterocycles. The van der Waals surface area contributed by atoms with Crippen LogP contribution in [0, 0.1) is 0 Å². The topological polar surface area (TPSA) is 30.5 Å². The van der Waals surface area contributed by atoms with Crippen molar-refractivity contribution in [3.05, 3.63) is 56.0 Å². The number of nitrogens with one attached hydrogen (secondary N) is 1. The lowest BCUT2D eigenvalue weighted by atomic mass is 10.1. The van der Waals surface area contributed by atoms with Crippen LogP contribution in [0.15, 0.2) is 34.8 Å². The second-order valence-corrected chi connectivity index (χ2v) is 7.69. The van der Waals surface area contributed by atoms with E-state index in [1.165, 1.54) is 0 Å². The zero-order valence-corrected chi connectivity index (χ0v) is 18.3. The second kappa shape index (κ2) is 10.4. The fourth-order valence-corrected chi connectivity index (χ4v) is 3.49. The Morgan fingerprint density at radius 2 is 1.81 bits per heavy atom. The van der Waals surface area contributed by atoms with E-state index in [0.29, 0.717) is 34.2 Å². The van der Waals surface area contributed by atoms with Crippen LogP contribution in [0.2, 0.25) is 10.0 Å². The van der Waals surface area contributed by atoms with E-state index >= 15 is 0 Å². The third-order valence-electron chi connectivity index (χ3n) is 4.06. The number of hydrogen-bond donors (Lipinski definition) is 1. The van der Waals surface area contributed by atoms with E-state index in [9.17, 15) is 0 Å². The van der Waals surface area contributed by atoms with E-state index in [4.69, 9.17) is 32.7 Å². The van der Waals surface area contributed by atoms with Crippen molar-refractivity contribution in [1.82, 2.24) is 5.32 Å². The van der Waals surface area contributed by atoms with Gasteiger partial charge >= 0.3 is 0 Å². The SMILES string of the molecule is CCOc1cc(CNC(C)CC)cc(Br)c1OCc1c(Cl)cccc1Cl. The fraction of sp³-hybridized carbons (Fsp3) is 0.400. The van der Waals surface area contributed by atoms with Gasteiger partial charge in [-0.25, -0.2) is 0 Å². The van der Waals surface area contributed by atoms with Crippen molar-refractivity contribution < 1.29 is 9.47 Å². The van der Waals surface area contributed by atoms with Crippen molar-refractivity contribution in [1.29, 1.82) is 0 Å². The Balaban J connectivity index is 2.21. The van der Waals surface area contributed by atoms with E-state index in [2.05, 4.69) is 35.1 Å². The van der Waals surface area contributed by atoms with Gasteiger partial charge in [0.1, 0.15) is 6.61 Å². The molecule has 0 bridgehead atoms. The molecule has 0 saturated carbocycles. The lowest BCUT2D eigenvalue weighted by Gasteiger charge is -2.17. The summed E-state index contributed by atoms with van der Waals surface area (Å²) in [6.07, 6.45) is 1.08. The highest BCUT2D eigenvalue weighted by molar-refractivity contribution is 9.10. The first-order valence-electron chi connectivity index (χ1n) is 8.70. The lowest BCUT2D eigenvalue weighted by Crippen LogP contribution is -2.24. The van der Waals surface area contributed by atoms with Gasteiger partial charge in [-0.1, -0.05) is 36.2 Å². The molecule has 0 saturated heterocycles. The summed E-state index contributed by atoms with van der Waals surface area (Å²) in [5.74, 6) is 1.35. The molecule has 1 unspecified atom stereocenters. The Bertz CT molecular complexity index is 720. The summed E-state index contributed by atoms with van der Waals surface area (Å²) in [7, 11) is 0. The van der Waals surface area contributed by atoms with Crippen LogP contribution in [0.5, 0.6) is 11.5 Å². The summed E-state index contributed by atoms with van der Waals surface area (Å²) in [5, 5.41) is 4.65. The molecule has 0 aliphatic carbocycles. The predicted octanol–water partition coefficient (Wildman–Crippen LogP) is 6.62. The first-order chi connectivity index (χ1) is 12.5. The van der Waals surface area contributed by atoms with Crippen LogP contribution in [0.3, 0.4) is 0 Å². The average Bonchev–Trinajstić information content (AvgIpc) is 2.61. The van der Waals surface area contributed by atoms with E-state index < -0.39 is 0 Å². The van der Waals surface area contributed by atoms with Gasteiger partial charge < -0.3 is 14.8 Å². The molecule has 6 heteroatoms. The van der Waals surface area contributed by atoms with Crippen molar-refractivity contribution in [2.24, 2.45) is 0 Å². The van der Waals surface area contributed by atoms with Crippen LogP contribution in [0.4, 0.5) is 0 Å². The minimum atomic E-state index is 0.266. The number of hydrogen-bond acceptors (Lipinski definition) is 3. The van der Waals surface area contributed by atoms with Gasteiger partial charge in [0, 0.05) is 28.2 Å². The number of halogens is 3. The highest BCUT2D eigenvalue weighted by atomic mass is 79.9. The predicted molar refractivity (Wildman–Crippen MR) is 113 cm³/mol. The van der Waals surface area contributed by atoms with Gasteiger partial charge in [-0.3, -0.25) is 0 Å². The smallest absolute Gasteiger partial charge is 0.175 e. The van der Waals surface area contributed by atoms with Crippen LogP contribution < -0.4 is 14.8 Å². The molecule has 142 valence electrons. The maximum Gasteiger partial charge on any atom is 0.175 e. The Kier molecular flexibility index (Phi) is 8.55. The normalized spacial score (nSPS) is 12.1. The molecule has 0 fully saturated rings. The molecule has 1 atom stereocenters. The zero-order chi connectivity index (χ0) is 19.1. The molecular formula is C20H24BrCl2NO2. The van der Waals surface area contributed by atoms with Gasteiger partial charge in [-0.15, -0.1) is 0 Å². The van der Waals surface area contributed by atoms with Gasteiger partial charge in [0.05, 0.1) is 11.1 Å². The van der Waals surface area contributed by atoms with E-state index in [-0.39, 0.29) is 6.61 Å². The minimum absolute atomic E-state index is 0.266. The van der Waals surface area contributed by atoms with Gasteiger partial charge in [0.15, 0.2) is 11.5 Å². The fourth-order valence-electron chi connectivity index (χ4n) is 2.38. The molecule has 0 radical (unpaired) electrons. The van der Waals surface area contributed by atoms with E-state index in [0.717, 1.165) is 28.6 Å². The number of ether oxygens (including phenoxy) is 2. The molecule has 0 heterocycles. The molecular weight excluding hydrogens is 437 g/mol. The summed E-state index contributed by atoms with van der Waals surface area (Å²) in [6, 6.07) is 9.93. The van der Waals surface area contributed by atoms with Crippen molar-refractivity contribution in [2.75, 3.05) is 6.61 Å². The van der Waals surface area contributed by atoms with Crippen LogP contribution in [-0.4, -0.2) is 12.6 Å². The molecule has 3 nitrogen and oxygen atoms in total. The minimum Gasteiger partial charge on any atom is -0.490 e. The van der Waals surface area contributed by atoms with Crippen molar-refractivity contribution >= 4 is 39.1 Å². The Morgan fingerprint density at radius 3 is 2.42 bits per heavy atom. The first kappa shape index (κ1) is 21.4. The third-order valence-corrected chi connectivity index (χ3v) is 5.36. The summed E-state index contributed by atoms with van der Waals surface area (Å²) in [4.78, 5) is 0. The van der Waals surface area contributed by atoms with Gasteiger partial charge in [-0.2, -0.15) is 0 Å². The number of rotatable bonds is 9. The monoisotopic (exact) mass is 459 g/mol. The van der Waals surface area contributed by atoms with E-state index in [1.54, 1.807) is 12.1 Å². The Labute approximate surface area is 174 Å². The van der Waals surface area contributed by atoms with Gasteiger partial charge in [0.25, 0.3) is 0 Å². The maximum atomic E-state index is 6.23. The van der Waals surface area contributed by atoms with Gasteiger partial charge in [-0.05, 0) is 66.0 Å². The zero-order valence-electron chi connectivity index (χ0n) is 15.2. The average molecular weight is 461 g/mol. The molecule has 2 rings (SSSR count). The highest BCUT2D eigenvalue weighted by Crippen LogP contribution is 2.38. The summed E-state index contributed by atoms with van der Waals surface area (Å²) >= 11 is 16.1. The van der Waals surface area contributed by atoms with Crippen LogP contribution in [0.25, 0.3) is 0 Å². The van der Waals surface area contributed by atoms with Gasteiger partial charge in [0.2, 0.25) is 0 Å². The summed E-state index contributed by atoms with van der Waals surface area (Å²) in [6.45, 7) is 7.87. The lowest BCUT2D eigenvalue weighted by molar-refractivity contribution is 0.267. The quantitative estimate of drug-likeness (QED) is 0.455. The summed E-state index contributed by atoms with van der Waals surface area (Å²) < 4.78 is 12.6. The molecule has 2 aromatic rings. The summed E-state index contributed by atoms with van der Waals surface area (Å²) in [5.41, 5.74) is 1.89. The Hall–Kier alpha value is -0.940. The maximum absolute atomic E-state index is 6.23. The standard InChI is InChI=1S/C20H24BrCl2NO2/c1-4-13(3)24-11-14-9-16(21)20(19(10-14)25-5-2)26-12-15-17(22)7-6-8-18(15)23/h6-10,13,24H,4-5,11-12H2,1-3H3. The third kappa shape index (κ3) is 5.78. The van der Waals surface area contributed by atoms with Crippen molar-refractivity contribution in [2.45, 2.75) is 46.4 Å². The highest BCUT2D eigenvalue weighted by Gasteiger charge is 2.15. The van der Waals surface area contributed by atoms with Crippen LogP contribution >= 0.6 is 39.1 Å². The second-order valence-electron chi connectivity index (χ2n) is 6.02.